The van der Waals surface area contributed by atoms with Crippen LogP contribution in [0.5, 0.6) is 0 Å². The third kappa shape index (κ3) is 4.06. The standard InChI is InChI=1S/C23H26N2O5/c1-12-6-8-18(9-7-12)25-11-17(10-19(25)27)23(29)30-16(5)22(28)21-13(2)20(15(4)26)14(3)24-21/h6-9,16-17,24H,10-11H2,1-5H3/t16-,17-/m0/s1. The number of nitrogens with one attached hydrogen (secondary N) is 1. The molecule has 2 heterocycles. The first-order valence-electron chi connectivity index (χ1n) is 9.92. The summed E-state index contributed by atoms with van der Waals surface area (Å²) < 4.78 is 5.39. The van der Waals surface area contributed by atoms with Gasteiger partial charge in [-0.1, -0.05) is 17.7 Å². The van der Waals surface area contributed by atoms with Crippen molar-refractivity contribution in [3.8, 4) is 0 Å². The molecule has 1 saturated heterocycles. The van der Waals surface area contributed by atoms with Gasteiger partial charge in [-0.15, -0.1) is 0 Å². The minimum absolute atomic E-state index is 0.0444. The van der Waals surface area contributed by atoms with Crippen LogP contribution in [0.4, 0.5) is 5.69 Å². The molecule has 30 heavy (non-hydrogen) atoms. The van der Waals surface area contributed by atoms with Crippen LogP contribution in [0.25, 0.3) is 0 Å². The molecule has 0 bridgehead atoms. The first-order valence-corrected chi connectivity index (χ1v) is 9.92. The molecule has 0 aliphatic carbocycles. The van der Waals surface area contributed by atoms with Gasteiger partial charge in [0.25, 0.3) is 0 Å². The number of aryl methyl sites for hydroxylation is 2. The number of Topliss-reactive ketones (excluding diaryl/α,β-unsaturated/α-hetero) is 2. The molecule has 1 amide bonds. The topological polar surface area (TPSA) is 96.5 Å². The van der Waals surface area contributed by atoms with Crippen molar-refractivity contribution in [2.75, 3.05) is 11.4 Å². The Kier molecular flexibility index (Phi) is 5.92. The zero-order valence-electron chi connectivity index (χ0n) is 17.9. The predicted molar refractivity (Wildman–Crippen MR) is 112 cm³/mol. The van der Waals surface area contributed by atoms with Gasteiger partial charge in [-0.05, 0) is 52.3 Å². The first kappa shape index (κ1) is 21.5. The van der Waals surface area contributed by atoms with Crippen molar-refractivity contribution in [2.45, 2.75) is 47.1 Å². The third-order valence-electron chi connectivity index (χ3n) is 5.50. The Bertz CT molecular complexity index is 1020. The van der Waals surface area contributed by atoms with Crippen molar-refractivity contribution in [1.29, 1.82) is 0 Å². The van der Waals surface area contributed by atoms with Gasteiger partial charge in [-0.2, -0.15) is 0 Å². The number of carbonyl (C=O) groups is 4. The Morgan fingerprint density at radius 1 is 1.13 bits per heavy atom. The monoisotopic (exact) mass is 410 g/mol. The molecule has 7 heteroatoms. The highest BCUT2D eigenvalue weighted by molar-refractivity contribution is 6.05. The number of nitrogens with zero attached hydrogens (tertiary/aromatic N) is 1. The van der Waals surface area contributed by atoms with E-state index in [0.29, 0.717) is 16.8 Å². The van der Waals surface area contributed by atoms with Crippen molar-refractivity contribution in [3.05, 3.63) is 52.3 Å². The van der Waals surface area contributed by atoms with Crippen LogP contribution in [0.3, 0.4) is 0 Å². The minimum Gasteiger partial charge on any atom is -0.454 e. The second-order valence-corrected chi connectivity index (χ2v) is 7.87. The fraction of sp³-hybridized carbons (Fsp3) is 0.391. The van der Waals surface area contributed by atoms with Crippen molar-refractivity contribution in [2.24, 2.45) is 5.92 Å². The van der Waals surface area contributed by atoms with Crippen molar-refractivity contribution < 1.29 is 23.9 Å². The average Bonchev–Trinajstić information content (AvgIpc) is 3.21. The number of rotatable bonds is 6. The van der Waals surface area contributed by atoms with Crippen LogP contribution >= 0.6 is 0 Å². The van der Waals surface area contributed by atoms with Gasteiger partial charge < -0.3 is 14.6 Å². The number of ether oxygens (including phenoxy) is 1. The van der Waals surface area contributed by atoms with Crippen LogP contribution in [-0.4, -0.2) is 41.1 Å². The number of esters is 1. The second-order valence-electron chi connectivity index (χ2n) is 7.87. The summed E-state index contributed by atoms with van der Waals surface area (Å²) in [6.45, 7) is 8.53. The Morgan fingerprint density at radius 3 is 2.33 bits per heavy atom. The molecule has 7 nitrogen and oxygen atoms in total. The molecule has 0 radical (unpaired) electrons. The molecular formula is C23H26N2O5. The molecular weight excluding hydrogens is 384 g/mol. The van der Waals surface area contributed by atoms with Crippen molar-refractivity contribution in [1.82, 2.24) is 4.98 Å². The summed E-state index contributed by atoms with van der Waals surface area (Å²) in [7, 11) is 0. The Hall–Kier alpha value is -3.22. The molecule has 1 N–H and O–H groups in total. The number of benzene rings is 1. The number of hydrogen-bond acceptors (Lipinski definition) is 5. The first-order chi connectivity index (χ1) is 14.1. The van der Waals surface area contributed by atoms with E-state index in [-0.39, 0.29) is 30.3 Å². The van der Waals surface area contributed by atoms with Crippen LogP contribution in [-0.2, 0) is 14.3 Å². The van der Waals surface area contributed by atoms with Crippen LogP contribution in [0.15, 0.2) is 24.3 Å². The average molecular weight is 410 g/mol. The molecule has 1 aliphatic rings. The number of carbonyl (C=O) groups excluding carboxylic acids is 4. The summed E-state index contributed by atoms with van der Waals surface area (Å²) in [4.78, 5) is 54.1. The van der Waals surface area contributed by atoms with Gasteiger partial charge in [0.05, 0.1) is 11.6 Å². The number of amides is 1. The molecule has 0 unspecified atom stereocenters. The van der Waals surface area contributed by atoms with Crippen LogP contribution < -0.4 is 4.90 Å². The smallest absolute Gasteiger partial charge is 0.312 e. The highest BCUT2D eigenvalue weighted by Crippen LogP contribution is 2.27. The highest BCUT2D eigenvalue weighted by Gasteiger charge is 2.37. The minimum atomic E-state index is -1.03. The van der Waals surface area contributed by atoms with E-state index in [1.807, 2.05) is 31.2 Å². The zero-order chi connectivity index (χ0) is 22.2. The van der Waals surface area contributed by atoms with Crippen LogP contribution in [0, 0.1) is 26.7 Å². The van der Waals surface area contributed by atoms with Gasteiger partial charge in [0.1, 0.15) is 0 Å². The van der Waals surface area contributed by atoms with Gasteiger partial charge >= 0.3 is 5.97 Å². The van der Waals surface area contributed by atoms with Gasteiger partial charge in [-0.25, -0.2) is 0 Å². The summed E-state index contributed by atoms with van der Waals surface area (Å²) >= 11 is 0. The Balaban J connectivity index is 1.68. The zero-order valence-corrected chi connectivity index (χ0v) is 17.9. The fourth-order valence-corrected chi connectivity index (χ4v) is 3.89. The molecule has 158 valence electrons. The molecule has 1 aromatic carbocycles. The Labute approximate surface area is 175 Å². The summed E-state index contributed by atoms with van der Waals surface area (Å²) in [6.07, 6.45) is -0.986. The molecule has 3 rings (SSSR count). The van der Waals surface area contributed by atoms with Crippen molar-refractivity contribution >= 4 is 29.1 Å². The summed E-state index contributed by atoms with van der Waals surface area (Å²) in [5.41, 5.74) is 3.72. The third-order valence-corrected chi connectivity index (χ3v) is 5.50. The quantitative estimate of drug-likeness (QED) is 0.582. The van der Waals surface area contributed by atoms with E-state index >= 15 is 0 Å². The molecule has 1 aromatic heterocycles. The van der Waals surface area contributed by atoms with E-state index in [0.717, 1.165) is 11.3 Å². The lowest BCUT2D eigenvalue weighted by molar-refractivity contribution is -0.151. The van der Waals surface area contributed by atoms with E-state index in [1.165, 1.54) is 13.8 Å². The maximum atomic E-state index is 12.8. The van der Waals surface area contributed by atoms with Gasteiger partial charge in [0, 0.05) is 29.9 Å². The number of hydrogen-bond donors (Lipinski definition) is 1. The lowest BCUT2D eigenvalue weighted by Gasteiger charge is -2.18. The summed E-state index contributed by atoms with van der Waals surface area (Å²) in [6, 6.07) is 7.50. The summed E-state index contributed by atoms with van der Waals surface area (Å²) in [5, 5.41) is 0. The molecule has 0 saturated carbocycles. The van der Waals surface area contributed by atoms with E-state index in [4.69, 9.17) is 4.74 Å². The predicted octanol–water partition coefficient (Wildman–Crippen LogP) is 3.31. The van der Waals surface area contributed by atoms with E-state index in [9.17, 15) is 19.2 Å². The number of aromatic nitrogens is 1. The lowest BCUT2D eigenvalue weighted by atomic mass is 10.0. The highest BCUT2D eigenvalue weighted by atomic mass is 16.5. The summed E-state index contributed by atoms with van der Waals surface area (Å²) in [5.74, 6) is -1.90. The van der Waals surface area contributed by atoms with E-state index in [2.05, 4.69) is 4.98 Å². The lowest BCUT2D eigenvalue weighted by Crippen LogP contribution is -2.30. The van der Waals surface area contributed by atoms with E-state index in [1.54, 1.807) is 18.7 Å². The molecule has 1 aliphatic heterocycles. The normalized spacial score (nSPS) is 17.2. The van der Waals surface area contributed by atoms with Crippen LogP contribution in [0.1, 0.15) is 57.9 Å². The van der Waals surface area contributed by atoms with Crippen molar-refractivity contribution in [3.63, 3.8) is 0 Å². The Morgan fingerprint density at radius 2 is 1.77 bits per heavy atom. The maximum Gasteiger partial charge on any atom is 0.312 e. The molecule has 0 spiro atoms. The van der Waals surface area contributed by atoms with E-state index < -0.39 is 23.8 Å². The number of aromatic amines is 1. The van der Waals surface area contributed by atoms with Gasteiger partial charge in [0.15, 0.2) is 11.9 Å². The molecule has 1 fully saturated rings. The van der Waals surface area contributed by atoms with Gasteiger partial charge in [0.2, 0.25) is 11.7 Å². The number of H-pyrrole nitrogens is 1. The molecule has 2 atom stereocenters. The largest absolute Gasteiger partial charge is 0.454 e. The molecule has 2 aromatic rings. The van der Waals surface area contributed by atoms with Gasteiger partial charge in [-0.3, -0.25) is 19.2 Å². The second kappa shape index (κ2) is 8.26. The fourth-order valence-electron chi connectivity index (χ4n) is 3.89. The van der Waals surface area contributed by atoms with Crippen LogP contribution in [0.2, 0.25) is 0 Å². The number of anilines is 1. The maximum absolute atomic E-state index is 12.8. The SMILES string of the molecule is CC(=O)c1c(C)[nH]c(C(=O)[C@H](C)OC(=O)[C@H]2CC(=O)N(c3ccc(C)cc3)C2)c1C. The number of ketones is 2.